The molecule has 190 valence electrons. The summed E-state index contributed by atoms with van der Waals surface area (Å²) in [5.74, 6) is 0.261. The molecule has 0 aliphatic heterocycles. The van der Waals surface area contributed by atoms with Gasteiger partial charge in [0.25, 0.3) is 5.56 Å². The van der Waals surface area contributed by atoms with E-state index >= 15 is 0 Å². The summed E-state index contributed by atoms with van der Waals surface area (Å²) in [4.78, 5) is 29.5. The van der Waals surface area contributed by atoms with Crippen molar-refractivity contribution in [3.63, 3.8) is 0 Å². The molecule has 0 saturated heterocycles. The highest BCUT2D eigenvalue weighted by molar-refractivity contribution is 5.81. The van der Waals surface area contributed by atoms with Crippen LogP contribution in [0.25, 0.3) is 22.4 Å². The number of carbonyl (C=O) groups excluding carboxylic acids is 1. The minimum atomic E-state index is -0.904. The molecule has 0 aliphatic carbocycles. The number of benzene rings is 1. The predicted molar refractivity (Wildman–Crippen MR) is 135 cm³/mol. The number of aliphatic hydroxyl groups excluding tert-OH is 1. The molecule has 9 heteroatoms. The van der Waals surface area contributed by atoms with E-state index in [4.69, 9.17) is 14.5 Å². The summed E-state index contributed by atoms with van der Waals surface area (Å²) in [5, 5.41) is 13.2. The molecule has 3 aromatic rings. The molecule has 0 spiro atoms. The molecule has 3 rings (SSSR count). The molecule has 0 amide bonds. The number of methoxy groups -OCH3 is 1. The van der Waals surface area contributed by atoms with Crippen LogP contribution in [0.15, 0.2) is 35.3 Å². The maximum atomic E-state index is 12.4. The SMILES string of the molecule is COC[C@@H](C)n1c(-c2cc(C)c(=O)n(C)c2)nc2cc(CN[C@@H](C(=O)OC(C)C)[C@@H](C)O)ccc21. The second-order valence-corrected chi connectivity index (χ2v) is 9.35. The molecular formula is C26H36N4O5. The van der Waals surface area contributed by atoms with Crippen LogP contribution < -0.4 is 10.9 Å². The topological polar surface area (TPSA) is 108 Å². The third-order valence-electron chi connectivity index (χ3n) is 5.84. The Morgan fingerprint density at radius 1 is 1.20 bits per heavy atom. The van der Waals surface area contributed by atoms with Crippen LogP contribution in [0.1, 0.15) is 44.9 Å². The zero-order chi connectivity index (χ0) is 25.9. The highest BCUT2D eigenvalue weighted by atomic mass is 16.5. The van der Waals surface area contributed by atoms with E-state index in [9.17, 15) is 14.7 Å². The first-order valence-electron chi connectivity index (χ1n) is 11.8. The van der Waals surface area contributed by atoms with Crippen molar-refractivity contribution in [1.29, 1.82) is 0 Å². The van der Waals surface area contributed by atoms with Gasteiger partial charge in [-0.2, -0.15) is 0 Å². The molecule has 2 heterocycles. The fourth-order valence-corrected chi connectivity index (χ4v) is 4.20. The van der Waals surface area contributed by atoms with Crippen molar-refractivity contribution in [2.45, 2.75) is 65.5 Å². The van der Waals surface area contributed by atoms with Crippen molar-refractivity contribution in [1.82, 2.24) is 19.4 Å². The number of carbonyl (C=O) groups is 1. The zero-order valence-electron chi connectivity index (χ0n) is 21.5. The fraction of sp³-hybridized carbons (Fsp3) is 0.500. The Labute approximate surface area is 205 Å². The van der Waals surface area contributed by atoms with E-state index in [2.05, 4.69) is 16.8 Å². The van der Waals surface area contributed by atoms with Crippen molar-refractivity contribution in [3.8, 4) is 11.4 Å². The van der Waals surface area contributed by atoms with Crippen LogP contribution in [-0.4, -0.2) is 57.2 Å². The number of aliphatic hydroxyl groups is 1. The number of hydrogen-bond acceptors (Lipinski definition) is 7. The number of esters is 1. The van der Waals surface area contributed by atoms with Crippen LogP contribution in [0.3, 0.4) is 0 Å². The Morgan fingerprint density at radius 2 is 1.91 bits per heavy atom. The Balaban J connectivity index is 1.99. The van der Waals surface area contributed by atoms with Gasteiger partial charge in [0.2, 0.25) is 0 Å². The lowest BCUT2D eigenvalue weighted by Crippen LogP contribution is -2.46. The van der Waals surface area contributed by atoms with E-state index < -0.39 is 18.1 Å². The number of fused-ring (bicyclic) bond motifs is 1. The summed E-state index contributed by atoms with van der Waals surface area (Å²) in [7, 11) is 3.40. The van der Waals surface area contributed by atoms with Crippen LogP contribution in [0.2, 0.25) is 0 Å². The van der Waals surface area contributed by atoms with E-state index in [-0.39, 0.29) is 17.7 Å². The van der Waals surface area contributed by atoms with Gasteiger partial charge in [0, 0.05) is 38.0 Å². The van der Waals surface area contributed by atoms with Gasteiger partial charge in [-0.15, -0.1) is 0 Å². The molecular weight excluding hydrogens is 448 g/mol. The average molecular weight is 485 g/mol. The highest BCUT2D eigenvalue weighted by Crippen LogP contribution is 2.29. The van der Waals surface area contributed by atoms with E-state index in [0.717, 1.165) is 28.0 Å². The van der Waals surface area contributed by atoms with Crippen LogP contribution >= 0.6 is 0 Å². The number of nitrogens with zero attached hydrogens (tertiary/aromatic N) is 3. The molecule has 3 atom stereocenters. The molecule has 0 radical (unpaired) electrons. The third kappa shape index (κ3) is 5.98. The smallest absolute Gasteiger partial charge is 0.326 e. The van der Waals surface area contributed by atoms with Gasteiger partial charge in [-0.3, -0.25) is 14.9 Å². The van der Waals surface area contributed by atoms with Crippen LogP contribution in [0, 0.1) is 6.92 Å². The first kappa shape index (κ1) is 26.6. The normalized spacial score (nSPS) is 14.3. The number of aryl methyl sites for hydroxylation is 2. The second-order valence-electron chi connectivity index (χ2n) is 9.35. The lowest BCUT2D eigenvalue weighted by atomic mass is 10.1. The first-order valence-corrected chi connectivity index (χ1v) is 11.8. The molecule has 9 nitrogen and oxygen atoms in total. The summed E-state index contributed by atoms with van der Waals surface area (Å²) in [6.45, 7) is 9.82. The van der Waals surface area contributed by atoms with Gasteiger partial charge < -0.3 is 23.7 Å². The molecule has 0 fully saturated rings. The van der Waals surface area contributed by atoms with Gasteiger partial charge in [0.05, 0.1) is 35.9 Å². The van der Waals surface area contributed by atoms with E-state index in [1.54, 1.807) is 52.6 Å². The van der Waals surface area contributed by atoms with Gasteiger partial charge in [-0.05, 0) is 58.4 Å². The van der Waals surface area contributed by atoms with Gasteiger partial charge in [0.1, 0.15) is 11.9 Å². The minimum absolute atomic E-state index is 0.00642. The molecule has 0 aliphatic rings. The van der Waals surface area contributed by atoms with E-state index in [1.165, 1.54) is 0 Å². The average Bonchev–Trinajstić information content (AvgIpc) is 3.15. The Hall–Kier alpha value is -3.01. The number of nitrogens with one attached hydrogen (secondary N) is 1. The number of ether oxygens (including phenoxy) is 2. The van der Waals surface area contributed by atoms with Crippen molar-refractivity contribution in [3.05, 3.63) is 51.9 Å². The Bertz CT molecular complexity index is 1220. The van der Waals surface area contributed by atoms with E-state index in [0.29, 0.717) is 18.7 Å². The second kappa shape index (κ2) is 11.2. The van der Waals surface area contributed by atoms with Gasteiger partial charge in [-0.25, -0.2) is 4.98 Å². The lowest BCUT2D eigenvalue weighted by molar-refractivity contribution is -0.152. The fourth-order valence-electron chi connectivity index (χ4n) is 4.20. The highest BCUT2D eigenvalue weighted by Gasteiger charge is 2.26. The molecule has 0 bridgehead atoms. The summed E-state index contributed by atoms with van der Waals surface area (Å²) >= 11 is 0. The van der Waals surface area contributed by atoms with E-state index in [1.807, 2.05) is 24.3 Å². The Morgan fingerprint density at radius 3 is 2.51 bits per heavy atom. The molecule has 2 N–H and O–H groups in total. The Kier molecular flexibility index (Phi) is 8.47. The summed E-state index contributed by atoms with van der Waals surface area (Å²) < 4.78 is 14.4. The largest absolute Gasteiger partial charge is 0.462 e. The maximum absolute atomic E-state index is 12.4. The number of imidazole rings is 1. The van der Waals surface area contributed by atoms with Crippen LogP contribution in [-0.2, 0) is 27.9 Å². The van der Waals surface area contributed by atoms with Gasteiger partial charge in [-0.1, -0.05) is 6.07 Å². The first-order chi connectivity index (χ1) is 16.5. The lowest BCUT2D eigenvalue weighted by Gasteiger charge is -2.21. The van der Waals surface area contributed by atoms with Crippen molar-refractivity contribution < 1.29 is 19.4 Å². The molecule has 1 aromatic carbocycles. The van der Waals surface area contributed by atoms with Crippen molar-refractivity contribution >= 4 is 17.0 Å². The van der Waals surface area contributed by atoms with Gasteiger partial charge in [0.15, 0.2) is 0 Å². The third-order valence-corrected chi connectivity index (χ3v) is 5.84. The minimum Gasteiger partial charge on any atom is -0.462 e. The van der Waals surface area contributed by atoms with Crippen molar-refractivity contribution in [2.24, 2.45) is 7.05 Å². The number of rotatable bonds is 10. The summed E-state index contributed by atoms with van der Waals surface area (Å²) in [5.41, 5.74) is 4.07. The monoisotopic (exact) mass is 484 g/mol. The molecule has 0 saturated carbocycles. The number of pyridine rings is 1. The zero-order valence-corrected chi connectivity index (χ0v) is 21.5. The van der Waals surface area contributed by atoms with Crippen LogP contribution in [0.5, 0.6) is 0 Å². The summed E-state index contributed by atoms with van der Waals surface area (Å²) in [6, 6.07) is 6.95. The van der Waals surface area contributed by atoms with Gasteiger partial charge >= 0.3 is 5.97 Å². The number of aromatic nitrogens is 3. The molecule has 35 heavy (non-hydrogen) atoms. The van der Waals surface area contributed by atoms with Crippen LogP contribution in [0.4, 0.5) is 0 Å². The molecule has 2 aromatic heterocycles. The quantitative estimate of drug-likeness (QED) is 0.426. The molecule has 0 unspecified atom stereocenters. The number of hydrogen-bond donors (Lipinski definition) is 2. The maximum Gasteiger partial charge on any atom is 0.326 e. The predicted octanol–water partition coefficient (Wildman–Crippen LogP) is 2.71. The summed E-state index contributed by atoms with van der Waals surface area (Å²) in [6.07, 6.45) is 0.626. The standard InChI is InChI=1S/C26H36N4O5/c1-15(2)35-26(33)23(18(5)31)27-12-19-8-9-22-21(11-19)28-24(30(22)17(4)14-34-7)20-10-16(3)25(32)29(6)13-20/h8-11,13,15,17-18,23,27,31H,12,14H2,1-7H3/t17-,18-,23-/m1/s1. The van der Waals surface area contributed by atoms with Crippen molar-refractivity contribution in [2.75, 3.05) is 13.7 Å².